The van der Waals surface area contributed by atoms with Gasteiger partial charge in [-0.25, -0.2) is 4.79 Å². The molecule has 2 aromatic rings. The number of hydrogen-bond acceptors (Lipinski definition) is 6. The minimum atomic E-state index is -0.878. The second-order valence-electron chi connectivity index (χ2n) is 5.36. The van der Waals surface area contributed by atoms with Crippen molar-refractivity contribution in [3.05, 3.63) is 67.0 Å². The van der Waals surface area contributed by atoms with Crippen LogP contribution in [0.3, 0.4) is 0 Å². The summed E-state index contributed by atoms with van der Waals surface area (Å²) in [4.78, 5) is 12.5. The van der Waals surface area contributed by atoms with Crippen LogP contribution in [0.25, 0.3) is 0 Å². The Bertz CT molecular complexity index is 1000. The van der Waals surface area contributed by atoms with Gasteiger partial charge in [-0.1, -0.05) is 23.2 Å². The molecule has 0 radical (unpaired) electrons. The Morgan fingerprint density at radius 2 is 2.04 bits per heavy atom. The van der Waals surface area contributed by atoms with Gasteiger partial charge in [0.15, 0.2) is 0 Å². The first-order valence-electron chi connectivity index (χ1n) is 7.12. The van der Waals surface area contributed by atoms with Crippen molar-refractivity contribution >= 4 is 23.2 Å². The lowest BCUT2D eigenvalue weighted by Gasteiger charge is -2.26. The summed E-state index contributed by atoms with van der Waals surface area (Å²) in [6.07, 6.45) is 0. The molecule has 1 atom stereocenters. The third-order valence-electron chi connectivity index (χ3n) is 3.81. The van der Waals surface area contributed by atoms with Gasteiger partial charge in [0.05, 0.1) is 23.6 Å². The number of allylic oxidation sites excluding steroid dienone is 1. The van der Waals surface area contributed by atoms with Gasteiger partial charge in [-0.05, 0) is 19.1 Å². The predicted octanol–water partition coefficient (Wildman–Crippen LogP) is 3.48. The van der Waals surface area contributed by atoms with Crippen LogP contribution in [0.4, 0.5) is 0 Å². The minimum Gasteiger partial charge on any atom is -0.495 e. The molecule has 1 aromatic heterocycles. The van der Waals surface area contributed by atoms with Crippen LogP contribution >= 0.6 is 23.2 Å². The van der Waals surface area contributed by atoms with Gasteiger partial charge in [0.1, 0.15) is 28.9 Å². The monoisotopic (exact) mass is 378 g/mol. The molecular weight excluding hydrogens is 367 g/mol. The van der Waals surface area contributed by atoms with E-state index >= 15 is 0 Å². The highest BCUT2D eigenvalue weighted by atomic mass is 35.5. The molecule has 2 heterocycles. The lowest BCUT2D eigenvalue weighted by Crippen LogP contribution is -2.26. The van der Waals surface area contributed by atoms with Crippen LogP contribution in [0.15, 0.2) is 38.9 Å². The fourth-order valence-electron chi connectivity index (χ4n) is 2.84. The fourth-order valence-corrected chi connectivity index (χ4v) is 3.43. The summed E-state index contributed by atoms with van der Waals surface area (Å²) < 4.78 is 16.0. The molecule has 128 valence electrons. The normalized spacial score (nSPS) is 16.0. The Morgan fingerprint density at radius 1 is 1.32 bits per heavy atom. The van der Waals surface area contributed by atoms with E-state index in [4.69, 9.17) is 42.8 Å². The molecule has 3 rings (SSSR count). The molecule has 0 spiro atoms. The van der Waals surface area contributed by atoms with Crippen molar-refractivity contribution in [1.82, 2.24) is 0 Å². The minimum absolute atomic E-state index is 0.0419. The van der Waals surface area contributed by atoms with E-state index in [9.17, 15) is 10.1 Å². The van der Waals surface area contributed by atoms with Crippen molar-refractivity contribution < 1.29 is 13.9 Å². The Labute approximate surface area is 153 Å². The fraction of sp³-hybridized carbons (Fsp3) is 0.176. The van der Waals surface area contributed by atoms with Crippen LogP contribution in [0.5, 0.6) is 11.5 Å². The number of nitriles is 1. The number of nitrogens with zero attached hydrogens (tertiary/aromatic N) is 1. The highest BCUT2D eigenvalue weighted by Crippen LogP contribution is 2.46. The van der Waals surface area contributed by atoms with Crippen LogP contribution in [-0.4, -0.2) is 7.11 Å². The lowest BCUT2D eigenvalue weighted by molar-refractivity contribution is 0.367. The van der Waals surface area contributed by atoms with Crippen LogP contribution in [0.1, 0.15) is 22.8 Å². The van der Waals surface area contributed by atoms with E-state index in [0.29, 0.717) is 16.3 Å². The Morgan fingerprint density at radius 3 is 2.68 bits per heavy atom. The zero-order chi connectivity index (χ0) is 18.3. The first kappa shape index (κ1) is 17.2. The first-order valence-corrected chi connectivity index (χ1v) is 7.88. The summed E-state index contributed by atoms with van der Waals surface area (Å²) in [5.74, 6) is -0.135. The standard InChI is InChI=1S/C17H12Cl2N2O4/c1-7-3-12-14(17(22)24-7)13(10(6-20)16(21)25-12)9-4-8(18)5-11(19)15(9)23-2/h3-5,13H,21H2,1-2H3. The molecule has 0 saturated heterocycles. The van der Waals surface area contributed by atoms with E-state index in [-0.39, 0.29) is 33.5 Å². The smallest absolute Gasteiger partial charge is 0.343 e. The molecular formula is C17H12Cl2N2O4. The molecule has 1 aliphatic heterocycles. The number of ether oxygens (including phenoxy) is 2. The van der Waals surface area contributed by atoms with Gasteiger partial charge in [0, 0.05) is 16.7 Å². The Hall–Kier alpha value is -2.62. The van der Waals surface area contributed by atoms with Gasteiger partial charge < -0.3 is 19.6 Å². The molecule has 2 N–H and O–H groups in total. The molecule has 0 saturated carbocycles. The number of fused-ring (bicyclic) bond motifs is 1. The van der Waals surface area contributed by atoms with E-state index in [1.54, 1.807) is 13.0 Å². The second-order valence-corrected chi connectivity index (χ2v) is 6.20. The molecule has 25 heavy (non-hydrogen) atoms. The van der Waals surface area contributed by atoms with E-state index in [2.05, 4.69) is 0 Å². The molecule has 0 amide bonds. The maximum Gasteiger partial charge on any atom is 0.343 e. The number of benzene rings is 1. The molecule has 1 unspecified atom stereocenters. The summed E-state index contributed by atoms with van der Waals surface area (Å²) in [7, 11) is 1.43. The highest BCUT2D eigenvalue weighted by Gasteiger charge is 2.36. The van der Waals surface area contributed by atoms with Crippen LogP contribution in [0.2, 0.25) is 10.0 Å². The average molecular weight is 379 g/mol. The number of nitrogens with two attached hydrogens (primary N) is 1. The summed E-state index contributed by atoms with van der Waals surface area (Å²) in [6.45, 7) is 1.61. The quantitative estimate of drug-likeness (QED) is 0.858. The molecule has 1 aliphatic rings. The molecule has 0 fully saturated rings. The lowest BCUT2D eigenvalue weighted by atomic mass is 9.84. The molecule has 0 aliphatic carbocycles. The summed E-state index contributed by atoms with van der Waals surface area (Å²) >= 11 is 12.3. The summed E-state index contributed by atoms with van der Waals surface area (Å²) in [5.41, 5.74) is 5.85. The zero-order valence-electron chi connectivity index (χ0n) is 13.2. The molecule has 8 heteroatoms. The predicted molar refractivity (Wildman–Crippen MR) is 92.0 cm³/mol. The van der Waals surface area contributed by atoms with E-state index in [1.165, 1.54) is 19.2 Å². The topological polar surface area (TPSA) is 98.5 Å². The number of hydrogen-bond donors (Lipinski definition) is 1. The van der Waals surface area contributed by atoms with Gasteiger partial charge >= 0.3 is 5.63 Å². The van der Waals surface area contributed by atoms with E-state index in [1.807, 2.05) is 6.07 Å². The van der Waals surface area contributed by atoms with E-state index < -0.39 is 11.5 Å². The van der Waals surface area contributed by atoms with Crippen LogP contribution in [0, 0.1) is 18.3 Å². The zero-order valence-corrected chi connectivity index (χ0v) is 14.7. The maximum atomic E-state index is 12.5. The number of halogens is 2. The third kappa shape index (κ3) is 2.82. The van der Waals surface area contributed by atoms with Gasteiger partial charge in [-0.2, -0.15) is 5.26 Å². The van der Waals surface area contributed by atoms with Gasteiger partial charge in [0.25, 0.3) is 0 Å². The molecule has 0 bridgehead atoms. The summed E-state index contributed by atoms with van der Waals surface area (Å²) in [6, 6.07) is 6.58. The first-order chi connectivity index (χ1) is 11.9. The van der Waals surface area contributed by atoms with E-state index in [0.717, 1.165) is 0 Å². The number of methoxy groups -OCH3 is 1. The van der Waals surface area contributed by atoms with Crippen molar-refractivity contribution in [1.29, 1.82) is 5.26 Å². The van der Waals surface area contributed by atoms with Crippen LogP contribution in [-0.2, 0) is 0 Å². The SMILES string of the molecule is COc1c(Cl)cc(Cl)cc1C1C(C#N)=C(N)Oc2cc(C)oc(=O)c21. The van der Waals surface area contributed by atoms with Crippen molar-refractivity contribution in [2.45, 2.75) is 12.8 Å². The van der Waals surface area contributed by atoms with Gasteiger partial charge in [-0.15, -0.1) is 0 Å². The number of rotatable bonds is 2. The third-order valence-corrected chi connectivity index (χ3v) is 4.31. The van der Waals surface area contributed by atoms with Gasteiger partial charge in [0.2, 0.25) is 5.88 Å². The Kier molecular flexibility index (Phi) is 4.38. The Balaban J connectivity index is 2.40. The van der Waals surface area contributed by atoms with Crippen molar-refractivity contribution in [2.24, 2.45) is 5.73 Å². The van der Waals surface area contributed by atoms with Crippen molar-refractivity contribution in [3.8, 4) is 17.6 Å². The van der Waals surface area contributed by atoms with Gasteiger partial charge in [-0.3, -0.25) is 0 Å². The maximum absolute atomic E-state index is 12.5. The van der Waals surface area contributed by atoms with Crippen molar-refractivity contribution in [3.63, 3.8) is 0 Å². The average Bonchev–Trinajstić information content (AvgIpc) is 2.52. The molecule has 6 nitrogen and oxygen atoms in total. The molecule has 1 aromatic carbocycles. The second kappa shape index (κ2) is 6.36. The largest absolute Gasteiger partial charge is 0.495 e. The highest BCUT2D eigenvalue weighted by molar-refractivity contribution is 6.35. The summed E-state index contributed by atoms with van der Waals surface area (Å²) in [5, 5.41) is 10.1. The van der Waals surface area contributed by atoms with Crippen molar-refractivity contribution in [2.75, 3.05) is 7.11 Å². The number of aryl methyl sites for hydroxylation is 1. The van der Waals surface area contributed by atoms with Crippen LogP contribution < -0.4 is 20.8 Å².